The molecule has 0 radical (unpaired) electrons. The fourth-order valence-corrected chi connectivity index (χ4v) is 8.81. The maximum atomic E-state index is 12.9. The predicted octanol–water partition coefficient (Wildman–Crippen LogP) is 21.6. The number of hydrogen-bond acceptors (Lipinski definition) is 5. The van der Waals surface area contributed by atoms with Crippen molar-refractivity contribution in [1.82, 2.24) is 0 Å². The van der Waals surface area contributed by atoms with Crippen LogP contribution in [0.15, 0.2) is 85.1 Å². The van der Waals surface area contributed by atoms with Crippen LogP contribution in [0.1, 0.15) is 303 Å². The molecular formula is C67H118O5. The lowest BCUT2D eigenvalue weighted by atomic mass is 10.0. The van der Waals surface area contributed by atoms with Crippen LogP contribution in [0, 0.1) is 0 Å². The predicted molar refractivity (Wildman–Crippen MR) is 316 cm³/mol. The van der Waals surface area contributed by atoms with Gasteiger partial charge in [-0.2, -0.15) is 0 Å². The maximum Gasteiger partial charge on any atom is 0.306 e. The van der Waals surface area contributed by atoms with Crippen molar-refractivity contribution < 1.29 is 23.8 Å². The van der Waals surface area contributed by atoms with Crippen molar-refractivity contribution in [3.05, 3.63) is 85.1 Å². The van der Waals surface area contributed by atoms with Crippen molar-refractivity contribution in [3.8, 4) is 0 Å². The molecule has 0 rings (SSSR count). The lowest BCUT2D eigenvalue weighted by molar-refractivity contribution is -0.162. The third kappa shape index (κ3) is 59.6. The van der Waals surface area contributed by atoms with E-state index in [2.05, 4.69) is 106 Å². The molecule has 0 bridgehead atoms. The second-order valence-corrected chi connectivity index (χ2v) is 20.6. The Morgan fingerprint density at radius 2 is 0.639 bits per heavy atom. The Balaban J connectivity index is 4.33. The lowest BCUT2D eigenvalue weighted by Gasteiger charge is -2.18. The molecule has 5 nitrogen and oxygen atoms in total. The molecule has 0 spiro atoms. The fraction of sp³-hybridized carbons (Fsp3) is 0.761. The molecule has 1 atom stereocenters. The first-order chi connectivity index (χ1) is 35.6. The number of esters is 2. The smallest absolute Gasteiger partial charge is 0.306 e. The summed E-state index contributed by atoms with van der Waals surface area (Å²) in [6, 6.07) is 0. The van der Waals surface area contributed by atoms with Gasteiger partial charge in [-0.1, -0.05) is 286 Å². The molecule has 0 amide bonds. The standard InChI is InChI=1S/C67H118O5/c1-4-7-10-13-16-19-22-25-28-31-33-35-38-41-44-47-50-53-56-59-62-70-63-65(72-67(69)61-58-55-52-49-46-43-40-36-30-27-24-21-18-15-12-9-6-3)64-71-66(68)60-57-54-51-48-45-42-39-37-34-32-29-26-23-20-17-14-11-8-5-2/h9,12,16,18-19,21,25,27-28,30,40,43,49,52,65H,4-8,10-11,13-15,17,20,22-24,26,29,31-39,41-42,44-48,50-51,53-64H2,1-3H3/b12-9-,19-16-,21-18-,28-25-,30-27-,43-40-,52-49-. The molecule has 1 unspecified atom stereocenters. The van der Waals surface area contributed by atoms with Gasteiger partial charge in [0.2, 0.25) is 0 Å². The average Bonchev–Trinajstić information content (AvgIpc) is 3.38. The van der Waals surface area contributed by atoms with Crippen molar-refractivity contribution in [2.24, 2.45) is 0 Å². The third-order valence-electron chi connectivity index (χ3n) is 13.4. The zero-order valence-corrected chi connectivity index (χ0v) is 47.9. The molecule has 0 N–H and O–H groups in total. The van der Waals surface area contributed by atoms with E-state index >= 15 is 0 Å². The van der Waals surface area contributed by atoms with E-state index in [1.807, 2.05) is 0 Å². The third-order valence-corrected chi connectivity index (χ3v) is 13.4. The molecule has 72 heavy (non-hydrogen) atoms. The van der Waals surface area contributed by atoms with Crippen LogP contribution in [0.4, 0.5) is 0 Å². The van der Waals surface area contributed by atoms with E-state index in [-0.39, 0.29) is 25.2 Å². The van der Waals surface area contributed by atoms with Crippen molar-refractivity contribution >= 4 is 11.9 Å². The van der Waals surface area contributed by atoms with E-state index in [0.29, 0.717) is 19.4 Å². The number of unbranched alkanes of at least 4 members (excludes halogenated alkanes) is 32. The molecule has 0 aliphatic rings. The SMILES string of the molecule is CC/C=C\C/C=C\C/C=C\C/C=C\C/C=C\CCCC(=O)OC(COCCCCCCCCCCCC/C=C\C/C=C\CCCCC)COC(=O)CCCCCCCCCCCCCCCCCCCCC. The molecule has 0 aromatic rings. The minimum atomic E-state index is -0.571. The molecule has 0 saturated carbocycles. The maximum absolute atomic E-state index is 12.9. The van der Waals surface area contributed by atoms with Gasteiger partial charge in [-0.25, -0.2) is 0 Å². The molecule has 0 aliphatic carbocycles. The van der Waals surface area contributed by atoms with Crippen LogP contribution in [-0.2, 0) is 23.8 Å². The first-order valence-electron chi connectivity index (χ1n) is 31.1. The number of carbonyl (C=O) groups excluding carboxylic acids is 2. The highest BCUT2D eigenvalue weighted by Crippen LogP contribution is 2.16. The lowest BCUT2D eigenvalue weighted by Crippen LogP contribution is -2.30. The zero-order valence-electron chi connectivity index (χ0n) is 47.9. The second-order valence-electron chi connectivity index (χ2n) is 20.6. The summed E-state index contributed by atoms with van der Waals surface area (Å²) in [5.74, 6) is -0.454. The van der Waals surface area contributed by atoms with Gasteiger partial charge < -0.3 is 14.2 Å². The van der Waals surface area contributed by atoms with E-state index in [0.717, 1.165) is 77.0 Å². The summed E-state index contributed by atoms with van der Waals surface area (Å²) >= 11 is 0. The number of rotatable bonds is 57. The summed E-state index contributed by atoms with van der Waals surface area (Å²) in [7, 11) is 0. The van der Waals surface area contributed by atoms with Gasteiger partial charge >= 0.3 is 11.9 Å². The highest BCUT2D eigenvalue weighted by molar-refractivity contribution is 5.70. The topological polar surface area (TPSA) is 61.8 Å². The summed E-state index contributed by atoms with van der Waals surface area (Å²) in [5, 5.41) is 0. The Hall–Kier alpha value is -2.92. The summed E-state index contributed by atoms with van der Waals surface area (Å²) in [6.07, 6.45) is 83.4. The first-order valence-corrected chi connectivity index (χ1v) is 31.1. The van der Waals surface area contributed by atoms with Gasteiger partial charge in [0.25, 0.3) is 0 Å². The van der Waals surface area contributed by atoms with Crippen LogP contribution >= 0.6 is 0 Å². The van der Waals surface area contributed by atoms with Crippen molar-refractivity contribution in [2.45, 2.75) is 309 Å². The monoisotopic (exact) mass is 1000 g/mol. The van der Waals surface area contributed by atoms with Crippen LogP contribution in [0.25, 0.3) is 0 Å². The molecule has 0 heterocycles. The number of ether oxygens (including phenoxy) is 3. The largest absolute Gasteiger partial charge is 0.462 e. The number of allylic oxidation sites excluding steroid dienone is 14. The minimum Gasteiger partial charge on any atom is -0.462 e. The molecule has 0 aromatic carbocycles. The van der Waals surface area contributed by atoms with Crippen LogP contribution in [-0.4, -0.2) is 37.9 Å². The van der Waals surface area contributed by atoms with Crippen molar-refractivity contribution in [1.29, 1.82) is 0 Å². The molecule has 0 fully saturated rings. The Morgan fingerprint density at radius 3 is 1.07 bits per heavy atom. The average molecular weight is 1000 g/mol. The van der Waals surface area contributed by atoms with Crippen molar-refractivity contribution in [3.63, 3.8) is 0 Å². The van der Waals surface area contributed by atoms with E-state index < -0.39 is 6.10 Å². The molecular weight excluding hydrogens is 885 g/mol. The quantitative estimate of drug-likeness (QED) is 0.0345. The van der Waals surface area contributed by atoms with Gasteiger partial charge in [-0.3, -0.25) is 9.59 Å². The molecule has 0 aliphatic heterocycles. The van der Waals surface area contributed by atoms with E-state index in [1.165, 1.54) is 193 Å². The Kier molecular flexibility index (Phi) is 59.8. The number of carbonyl (C=O) groups is 2. The van der Waals surface area contributed by atoms with Crippen LogP contribution in [0.5, 0.6) is 0 Å². The summed E-state index contributed by atoms with van der Waals surface area (Å²) in [6.45, 7) is 7.67. The van der Waals surface area contributed by atoms with Gasteiger partial charge in [-0.05, 0) is 89.9 Å². The normalized spacial score (nSPS) is 12.8. The Labute approximate surface area is 448 Å². The molecule has 0 saturated heterocycles. The van der Waals surface area contributed by atoms with Gasteiger partial charge in [0.15, 0.2) is 6.10 Å². The first kappa shape index (κ1) is 69.1. The van der Waals surface area contributed by atoms with Crippen LogP contribution in [0.2, 0.25) is 0 Å². The summed E-state index contributed by atoms with van der Waals surface area (Å²) < 4.78 is 17.5. The molecule has 416 valence electrons. The summed E-state index contributed by atoms with van der Waals surface area (Å²) in [4.78, 5) is 25.6. The minimum absolute atomic E-state index is 0.0615. The Bertz CT molecular complexity index is 1320. The van der Waals surface area contributed by atoms with Gasteiger partial charge in [0.1, 0.15) is 6.61 Å². The van der Waals surface area contributed by atoms with Gasteiger partial charge in [0, 0.05) is 19.4 Å². The molecule has 5 heteroatoms. The van der Waals surface area contributed by atoms with Gasteiger partial charge in [0.05, 0.1) is 6.61 Å². The second kappa shape index (κ2) is 62.4. The highest BCUT2D eigenvalue weighted by atomic mass is 16.6. The fourth-order valence-electron chi connectivity index (χ4n) is 8.81. The number of hydrogen-bond donors (Lipinski definition) is 0. The van der Waals surface area contributed by atoms with Crippen LogP contribution < -0.4 is 0 Å². The summed E-state index contributed by atoms with van der Waals surface area (Å²) in [5.41, 5.74) is 0. The van der Waals surface area contributed by atoms with E-state index in [9.17, 15) is 9.59 Å². The zero-order chi connectivity index (χ0) is 52.0. The molecule has 0 aromatic heterocycles. The van der Waals surface area contributed by atoms with Crippen LogP contribution in [0.3, 0.4) is 0 Å². The van der Waals surface area contributed by atoms with E-state index in [4.69, 9.17) is 14.2 Å². The van der Waals surface area contributed by atoms with E-state index in [1.54, 1.807) is 0 Å². The Morgan fingerprint density at radius 1 is 0.319 bits per heavy atom. The highest BCUT2D eigenvalue weighted by Gasteiger charge is 2.17. The van der Waals surface area contributed by atoms with Crippen molar-refractivity contribution in [2.75, 3.05) is 19.8 Å². The van der Waals surface area contributed by atoms with Gasteiger partial charge in [-0.15, -0.1) is 0 Å².